The van der Waals surface area contributed by atoms with Crippen molar-refractivity contribution in [1.82, 2.24) is 0 Å². The van der Waals surface area contributed by atoms with Crippen molar-refractivity contribution in [3.63, 3.8) is 0 Å². The number of hydrogen-bond donors (Lipinski definition) is 0. The molecule has 0 spiro atoms. The van der Waals surface area contributed by atoms with Gasteiger partial charge in [0.25, 0.3) is 0 Å². The Bertz CT molecular complexity index is 1170. The Hall–Kier alpha value is -2.14. The van der Waals surface area contributed by atoms with Crippen LogP contribution in [0.1, 0.15) is 70.3 Å². The number of fused-ring (bicyclic) bond motifs is 3. The van der Waals surface area contributed by atoms with Crippen LogP contribution in [0, 0.1) is 0 Å². The maximum atomic E-state index is 7.46. The van der Waals surface area contributed by atoms with E-state index in [0.29, 0.717) is 18.1 Å². The highest BCUT2D eigenvalue weighted by Gasteiger charge is 2.69. The predicted octanol–water partition coefficient (Wildman–Crippen LogP) is 8.15. The molecule has 0 saturated carbocycles. The van der Waals surface area contributed by atoms with Crippen molar-refractivity contribution in [3.05, 3.63) is 77.4 Å². The van der Waals surface area contributed by atoms with Crippen molar-refractivity contribution in [3.8, 4) is 5.75 Å². The SMILES string of the molecule is COc1ccc(COC[C@H]2[C@H]3c4cccc5cccc(c45)[C@H]3O[Si]2(C(C)(C)C)C(C)(C)C)cc1. The van der Waals surface area contributed by atoms with E-state index in [1.165, 1.54) is 27.5 Å². The fourth-order valence-electron chi connectivity index (χ4n) is 7.21. The van der Waals surface area contributed by atoms with Gasteiger partial charge >= 0.3 is 0 Å². The quantitative estimate of drug-likeness (QED) is 0.349. The van der Waals surface area contributed by atoms with Gasteiger partial charge in [-0.05, 0) is 49.7 Å². The van der Waals surface area contributed by atoms with Gasteiger partial charge in [0.1, 0.15) is 5.75 Å². The maximum Gasteiger partial charge on any atom is 0.210 e. The molecule has 0 bridgehead atoms. The smallest absolute Gasteiger partial charge is 0.210 e. The normalized spacial score (nSPS) is 23.3. The van der Waals surface area contributed by atoms with Crippen LogP contribution in [0.15, 0.2) is 60.7 Å². The Morgan fingerprint density at radius 3 is 2.03 bits per heavy atom. The third-order valence-corrected chi connectivity index (χ3v) is 14.8. The number of benzene rings is 3. The van der Waals surface area contributed by atoms with Gasteiger partial charge in [0, 0.05) is 11.5 Å². The highest BCUT2D eigenvalue weighted by Crippen LogP contribution is 2.71. The molecule has 3 aromatic rings. The molecule has 1 fully saturated rings. The summed E-state index contributed by atoms with van der Waals surface area (Å²) in [5, 5.41) is 2.88. The van der Waals surface area contributed by atoms with Gasteiger partial charge < -0.3 is 13.9 Å². The van der Waals surface area contributed by atoms with E-state index < -0.39 is 8.32 Å². The van der Waals surface area contributed by atoms with Crippen molar-refractivity contribution in [2.75, 3.05) is 13.7 Å². The summed E-state index contributed by atoms with van der Waals surface area (Å²) >= 11 is 0. The first kappa shape index (κ1) is 23.6. The van der Waals surface area contributed by atoms with Crippen LogP contribution in [0.25, 0.3) is 10.8 Å². The highest BCUT2D eigenvalue weighted by molar-refractivity contribution is 6.81. The van der Waals surface area contributed by atoms with Gasteiger partial charge in [-0.2, -0.15) is 0 Å². The molecule has 0 aromatic heterocycles. The first-order valence-electron chi connectivity index (χ1n) is 12.5. The van der Waals surface area contributed by atoms with Gasteiger partial charge in [-0.25, -0.2) is 0 Å². The lowest BCUT2D eigenvalue weighted by Gasteiger charge is -2.52. The molecule has 3 nitrogen and oxygen atoms in total. The molecule has 1 aliphatic heterocycles. The Kier molecular flexibility index (Phi) is 5.70. The molecule has 2 aliphatic rings. The van der Waals surface area contributed by atoms with Crippen molar-refractivity contribution < 1.29 is 13.9 Å². The minimum absolute atomic E-state index is 0.0760. The molecule has 0 radical (unpaired) electrons. The lowest BCUT2D eigenvalue weighted by atomic mass is 9.94. The molecule has 1 saturated heterocycles. The third-order valence-electron chi connectivity index (χ3n) is 8.18. The van der Waals surface area contributed by atoms with Crippen molar-refractivity contribution >= 4 is 19.1 Å². The van der Waals surface area contributed by atoms with E-state index in [2.05, 4.69) is 90.1 Å². The Labute approximate surface area is 205 Å². The lowest BCUT2D eigenvalue weighted by Crippen LogP contribution is -2.56. The van der Waals surface area contributed by atoms with Crippen LogP contribution in [-0.4, -0.2) is 22.0 Å². The number of rotatable bonds is 5. The molecule has 3 aromatic carbocycles. The van der Waals surface area contributed by atoms with E-state index in [9.17, 15) is 0 Å². The van der Waals surface area contributed by atoms with Crippen LogP contribution in [0.5, 0.6) is 5.75 Å². The molecular formula is C30H38O3Si. The lowest BCUT2D eigenvalue weighted by molar-refractivity contribution is 0.111. The first-order valence-corrected chi connectivity index (χ1v) is 14.5. The number of hydrogen-bond acceptors (Lipinski definition) is 3. The van der Waals surface area contributed by atoms with Gasteiger partial charge in [-0.15, -0.1) is 0 Å². The second-order valence-electron chi connectivity index (χ2n) is 12.1. The molecule has 4 heteroatoms. The summed E-state index contributed by atoms with van der Waals surface area (Å²) in [6, 6.07) is 21.7. The average Bonchev–Trinajstić information content (AvgIpc) is 3.29. The summed E-state index contributed by atoms with van der Waals surface area (Å²) in [4.78, 5) is 0. The van der Waals surface area contributed by atoms with E-state index in [1.54, 1.807) is 7.11 Å². The summed E-state index contributed by atoms with van der Waals surface area (Å²) < 4.78 is 19.3. The molecule has 34 heavy (non-hydrogen) atoms. The van der Waals surface area contributed by atoms with Crippen molar-refractivity contribution in [1.29, 1.82) is 0 Å². The molecule has 0 amide bonds. The molecule has 1 aliphatic carbocycles. The van der Waals surface area contributed by atoms with E-state index in [1.807, 2.05) is 12.1 Å². The standard InChI is InChI=1S/C30H38O3Si/c1-29(2,3)34(30(4,5)6)25(19-32-18-20-14-16-22(31-7)17-15-20)27-23-12-8-10-21-11-9-13-24(26(21)23)28(27)33-34/h8-17,25,27-28H,18-19H2,1-7H3/t25-,27+,28+/m0/s1. The summed E-state index contributed by atoms with van der Waals surface area (Å²) in [6.45, 7) is 15.7. The Morgan fingerprint density at radius 2 is 1.44 bits per heavy atom. The van der Waals surface area contributed by atoms with E-state index in [-0.39, 0.29) is 16.2 Å². The summed E-state index contributed by atoms with van der Waals surface area (Å²) in [5.74, 6) is 1.22. The highest BCUT2D eigenvalue weighted by atomic mass is 28.4. The largest absolute Gasteiger partial charge is 0.497 e. The van der Waals surface area contributed by atoms with Gasteiger partial charge in [0.05, 0.1) is 26.4 Å². The minimum Gasteiger partial charge on any atom is -0.497 e. The van der Waals surface area contributed by atoms with Gasteiger partial charge in [-0.3, -0.25) is 0 Å². The number of ether oxygens (including phenoxy) is 2. The zero-order valence-electron chi connectivity index (χ0n) is 21.6. The average molecular weight is 475 g/mol. The monoisotopic (exact) mass is 474 g/mol. The van der Waals surface area contributed by atoms with Crippen molar-refractivity contribution in [2.45, 2.75) is 75.8 Å². The fourth-order valence-corrected chi connectivity index (χ4v) is 14.5. The molecule has 3 atom stereocenters. The first-order chi connectivity index (χ1) is 16.1. The molecule has 1 heterocycles. The molecule has 5 rings (SSSR count). The van der Waals surface area contributed by atoms with Crippen molar-refractivity contribution in [2.24, 2.45) is 0 Å². The third kappa shape index (κ3) is 3.45. The summed E-state index contributed by atoms with van der Waals surface area (Å²) in [5.41, 5.74) is 4.38. The van der Waals surface area contributed by atoms with Gasteiger partial charge in [0.15, 0.2) is 0 Å². The second-order valence-corrected chi connectivity index (χ2v) is 17.5. The van der Waals surface area contributed by atoms with Crippen LogP contribution < -0.4 is 4.74 Å². The van der Waals surface area contributed by atoms with E-state index in [0.717, 1.165) is 12.4 Å². The Balaban J connectivity index is 1.54. The van der Waals surface area contributed by atoms with Crippen LogP contribution in [-0.2, 0) is 15.8 Å². The van der Waals surface area contributed by atoms with Crippen LogP contribution in [0.3, 0.4) is 0 Å². The van der Waals surface area contributed by atoms with Crippen LogP contribution in [0.4, 0.5) is 0 Å². The molecule has 180 valence electrons. The molecule has 0 unspecified atom stereocenters. The van der Waals surface area contributed by atoms with Crippen LogP contribution in [0.2, 0.25) is 15.6 Å². The summed E-state index contributed by atoms with van der Waals surface area (Å²) in [7, 11) is -0.644. The minimum atomic E-state index is -2.34. The second kappa shape index (κ2) is 8.22. The topological polar surface area (TPSA) is 27.7 Å². The van der Waals surface area contributed by atoms with Crippen LogP contribution >= 0.6 is 0 Å². The zero-order valence-corrected chi connectivity index (χ0v) is 22.6. The van der Waals surface area contributed by atoms with E-state index >= 15 is 0 Å². The number of methoxy groups -OCH3 is 1. The predicted molar refractivity (Wildman–Crippen MR) is 142 cm³/mol. The van der Waals surface area contributed by atoms with E-state index in [4.69, 9.17) is 13.9 Å². The summed E-state index contributed by atoms with van der Waals surface area (Å²) in [6.07, 6.45) is 0.126. The van der Waals surface area contributed by atoms with Gasteiger partial charge in [0.2, 0.25) is 8.32 Å². The molecular weight excluding hydrogens is 436 g/mol. The maximum absolute atomic E-state index is 7.46. The molecule has 0 N–H and O–H groups in total. The fraction of sp³-hybridized carbons (Fsp3) is 0.467. The van der Waals surface area contributed by atoms with Gasteiger partial charge in [-0.1, -0.05) is 90.1 Å². The Morgan fingerprint density at radius 1 is 0.824 bits per heavy atom. The zero-order chi connectivity index (χ0) is 24.3.